The minimum atomic E-state index is -0.588. The molecular weight excluding hydrogens is 354 g/mol. The molecule has 0 aliphatic carbocycles. The van der Waals surface area contributed by atoms with Crippen LogP contribution in [0.3, 0.4) is 0 Å². The van der Waals surface area contributed by atoms with Crippen LogP contribution in [0.1, 0.15) is 29.3 Å². The fourth-order valence-corrected chi connectivity index (χ4v) is 2.03. The molecule has 9 nitrogen and oxygen atoms in total. The lowest BCUT2D eigenvalue weighted by Crippen LogP contribution is -2.17. The second-order valence-electron chi connectivity index (χ2n) is 5.24. The second-order valence-corrected chi connectivity index (χ2v) is 5.24. The minimum Gasteiger partial charge on any atom is -0.493 e. The predicted octanol–water partition coefficient (Wildman–Crippen LogP) is 2.68. The zero-order valence-electron chi connectivity index (χ0n) is 14.7. The molecule has 0 aliphatic heterocycles. The van der Waals surface area contributed by atoms with E-state index in [1.165, 1.54) is 31.5 Å². The molecule has 0 aliphatic rings. The summed E-state index contributed by atoms with van der Waals surface area (Å²) in [6.45, 7) is 1.68. The third-order valence-electron chi connectivity index (χ3n) is 3.40. The van der Waals surface area contributed by atoms with Crippen LogP contribution < -0.4 is 14.9 Å². The molecule has 1 N–H and O–H groups in total. The van der Waals surface area contributed by atoms with Crippen LogP contribution in [0.2, 0.25) is 0 Å². The van der Waals surface area contributed by atoms with Crippen LogP contribution in [-0.2, 0) is 4.79 Å². The molecule has 2 aromatic rings. The van der Waals surface area contributed by atoms with Crippen molar-refractivity contribution >= 4 is 23.8 Å². The SMILES string of the molecule is CCC(=O)Oc1ccc(/C=N\NC(=O)c2cccc([N+](=O)[O-])c2)cc1OC. The number of nitrogens with one attached hydrogen (secondary N) is 1. The number of carbonyl (C=O) groups is 2. The Kier molecular flexibility index (Phi) is 6.59. The summed E-state index contributed by atoms with van der Waals surface area (Å²) in [6.07, 6.45) is 1.60. The number of methoxy groups -OCH3 is 1. The molecule has 2 rings (SSSR count). The van der Waals surface area contributed by atoms with Crippen molar-refractivity contribution in [2.45, 2.75) is 13.3 Å². The van der Waals surface area contributed by atoms with Gasteiger partial charge in [0.25, 0.3) is 11.6 Å². The molecule has 0 atom stereocenters. The standard InChI is InChI=1S/C18H17N3O6/c1-3-17(22)27-15-8-7-12(9-16(15)26-2)11-19-20-18(23)13-5-4-6-14(10-13)21(24)25/h4-11H,3H2,1-2H3,(H,20,23)/b19-11-. The highest BCUT2D eigenvalue weighted by Crippen LogP contribution is 2.27. The van der Waals surface area contributed by atoms with Crippen molar-refractivity contribution in [3.05, 3.63) is 63.7 Å². The summed E-state index contributed by atoms with van der Waals surface area (Å²) >= 11 is 0. The average Bonchev–Trinajstić information content (AvgIpc) is 2.68. The molecule has 0 saturated carbocycles. The number of amides is 1. The summed E-state index contributed by atoms with van der Waals surface area (Å²) in [6, 6.07) is 10.1. The maximum Gasteiger partial charge on any atom is 0.311 e. The van der Waals surface area contributed by atoms with Crippen LogP contribution in [0.4, 0.5) is 5.69 Å². The number of hydrogen-bond donors (Lipinski definition) is 1. The number of nitro benzene ring substituents is 1. The van der Waals surface area contributed by atoms with Crippen LogP contribution in [0.25, 0.3) is 0 Å². The molecule has 0 aromatic heterocycles. The number of rotatable bonds is 7. The van der Waals surface area contributed by atoms with E-state index in [4.69, 9.17) is 9.47 Å². The van der Waals surface area contributed by atoms with Crippen molar-refractivity contribution in [2.24, 2.45) is 5.10 Å². The lowest BCUT2D eigenvalue weighted by molar-refractivity contribution is -0.384. The maximum atomic E-state index is 12.0. The molecule has 0 heterocycles. The van der Waals surface area contributed by atoms with Gasteiger partial charge in [-0.1, -0.05) is 13.0 Å². The van der Waals surface area contributed by atoms with Gasteiger partial charge >= 0.3 is 5.97 Å². The first kappa shape index (κ1) is 19.6. The number of nitro groups is 1. The Morgan fingerprint density at radius 3 is 2.67 bits per heavy atom. The fourth-order valence-electron chi connectivity index (χ4n) is 2.03. The van der Waals surface area contributed by atoms with E-state index in [1.807, 2.05) is 0 Å². The summed E-state index contributed by atoms with van der Waals surface area (Å²) < 4.78 is 10.3. The number of non-ortho nitro benzene ring substituents is 1. The van der Waals surface area contributed by atoms with Crippen molar-refractivity contribution in [3.8, 4) is 11.5 Å². The van der Waals surface area contributed by atoms with Gasteiger partial charge in [0.05, 0.1) is 18.2 Å². The number of esters is 1. The average molecular weight is 371 g/mol. The lowest BCUT2D eigenvalue weighted by atomic mass is 10.2. The number of benzene rings is 2. The smallest absolute Gasteiger partial charge is 0.311 e. The number of ether oxygens (including phenoxy) is 2. The molecule has 0 spiro atoms. The third kappa shape index (κ3) is 5.36. The predicted molar refractivity (Wildman–Crippen MR) is 97.1 cm³/mol. The fraction of sp³-hybridized carbons (Fsp3) is 0.167. The number of nitrogens with zero attached hydrogens (tertiary/aromatic N) is 2. The first-order valence-corrected chi connectivity index (χ1v) is 7.91. The van der Waals surface area contributed by atoms with E-state index >= 15 is 0 Å². The van der Waals surface area contributed by atoms with Crippen LogP contribution in [0.15, 0.2) is 47.6 Å². The maximum absolute atomic E-state index is 12.0. The van der Waals surface area contributed by atoms with Crippen LogP contribution >= 0.6 is 0 Å². The van der Waals surface area contributed by atoms with Gasteiger partial charge in [0.2, 0.25) is 0 Å². The highest BCUT2D eigenvalue weighted by molar-refractivity contribution is 5.95. The number of hydrazone groups is 1. The van der Waals surface area contributed by atoms with E-state index < -0.39 is 10.8 Å². The Morgan fingerprint density at radius 1 is 1.22 bits per heavy atom. The van der Waals surface area contributed by atoms with E-state index in [1.54, 1.807) is 25.1 Å². The monoisotopic (exact) mass is 371 g/mol. The molecule has 0 radical (unpaired) electrons. The molecule has 140 valence electrons. The van der Waals surface area contributed by atoms with Crippen LogP contribution in [-0.4, -0.2) is 30.1 Å². The van der Waals surface area contributed by atoms with Gasteiger partial charge in [-0.3, -0.25) is 19.7 Å². The summed E-state index contributed by atoms with van der Waals surface area (Å²) in [4.78, 5) is 33.6. The Balaban J connectivity index is 2.07. The summed E-state index contributed by atoms with van der Waals surface area (Å²) in [5.41, 5.74) is 2.80. The van der Waals surface area contributed by atoms with Crippen LogP contribution in [0, 0.1) is 10.1 Å². The van der Waals surface area contributed by atoms with Crippen molar-refractivity contribution < 1.29 is 24.0 Å². The van der Waals surface area contributed by atoms with E-state index in [9.17, 15) is 19.7 Å². The molecule has 9 heteroatoms. The second kappa shape index (κ2) is 9.09. The number of carbonyl (C=O) groups excluding carboxylic acids is 2. The van der Waals surface area contributed by atoms with E-state index in [0.29, 0.717) is 11.3 Å². The van der Waals surface area contributed by atoms with Gasteiger partial charge in [-0.2, -0.15) is 5.10 Å². The first-order valence-electron chi connectivity index (χ1n) is 7.91. The van der Waals surface area contributed by atoms with Crippen LogP contribution in [0.5, 0.6) is 11.5 Å². The molecule has 0 fully saturated rings. The van der Waals surface area contributed by atoms with Crippen molar-refractivity contribution in [1.29, 1.82) is 0 Å². The van der Waals surface area contributed by atoms with Gasteiger partial charge in [-0.15, -0.1) is 0 Å². The van der Waals surface area contributed by atoms with Gasteiger partial charge in [-0.25, -0.2) is 5.43 Å². The zero-order chi connectivity index (χ0) is 19.8. The Labute approximate surface area is 154 Å². The molecule has 27 heavy (non-hydrogen) atoms. The van der Waals surface area contributed by atoms with Gasteiger partial charge in [0.1, 0.15) is 0 Å². The highest BCUT2D eigenvalue weighted by atomic mass is 16.6. The third-order valence-corrected chi connectivity index (χ3v) is 3.40. The zero-order valence-corrected chi connectivity index (χ0v) is 14.7. The summed E-state index contributed by atoms with van der Waals surface area (Å²) in [5, 5.41) is 14.6. The van der Waals surface area contributed by atoms with E-state index in [-0.39, 0.29) is 29.4 Å². The lowest BCUT2D eigenvalue weighted by Gasteiger charge is -2.09. The number of hydrogen-bond acceptors (Lipinski definition) is 7. The largest absolute Gasteiger partial charge is 0.493 e. The molecule has 2 aromatic carbocycles. The topological polar surface area (TPSA) is 120 Å². The molecule has 0 saturated heterocycles. The van der Waals surface area contributed by atoms with Gasteiger partial charge in [0.15, 0.2) is 11.5 Å². The molecule has 1 amide bonds. The molecular formula is C18H17N3O6. The highest BCUT2D eigenvalue weighted by Gasteiger charge is 2.11. The minimum absolute atomic E-state index is 0.112. The molecule has 0 bridgehead atoms. The van der Waals surface area contributed by atoms with Gasteiger partial charge in [0, 0.05) is 24.1 Å². The normalized spacial score (nSPS) is 10.4. The van der Waals surface area contributed by atoms with E-state index in [2.05, 4.69) is 10.5 Å². The quantitative estimate of drug-likeness (QED) is 0.263. The van der Waals surface area contributed by atoms with Crippen molar-refractivity contribution in [3.63, 3.8) is 0 Å². The summed E-state index contributed by atoms with van der Waals surface area (Å²) in [5.74, 6) is -0.359. The van der Waals surface area contributed by atoms with Crippen molar-refractivity contribution in [1.82, 2.24) is 5.43 Å². The van der Waals surface area contributed by atoms with Crippen molar-refractivity contribution in [2.75, 3.05) is 7.11 Å². The Hall–Kier alpha value is -3.75. The molecule has 0 unspecified atom stereocenters. The van der Waals surface area contributed by atoms with Gasteiger partial charge < -0.3 is 9.47 Å². The Bertz CT molecular complexity index is 894. The van der Waals surface area contributed by atoms with E-state index in [0.717, 1.165) is 6.07 Å². The summed E-state index contributed by atoms with van der Waals surface area (Å²) in [7, 11) is 1.43. The van der Waals surface area contributed by atoms with Gasteiger partial charge in [-0.05, 0) is 29.8 Å². The Morgan fingerprint density at radius 2 is 2.00 bits per heavy atom. The first-order chi connectivity index (χ1) is 12.9.